The molecule has 0 fully saturated rings. The van der Waals surface area contributed by atoms with Crippen LogP contribution in [-0.2, 0) is 5.60 Å². The Morgan fingerprint density at radius 2 is 1.75 bits per heavy atom. The fourth-order valence-electron chi connectivity index (χ4n) is 1.72. The Morgan fingerprint density at radius 3 is 2.25 bits per heavy atom. The van der Waals surface area contributed by atoms with Gasteiger partial charge in [0.05, 0.1) is 18.6 Å². The highest BCUT2D eigenvalue weighted by Crippen LogP contribution is 2.44. The van der Waals surface area contributed by atoms with Gasteiger partial charge in [-0.3, -0.25) is 0 Å². The summed E-state index contributed by atoms with van der Waals surface area (Å²) in [4.78, 5) is 0. The second-order valence-electron chi connectivity index (χ2n) is 4.61. The Morgan fingerprint density at radius 1 is 1.15 bits per heavy atom. The van der Waals surface area contributed by atoms with Crippen LogP contribution in [0.15, 0.2) is 24.3 Å². The summed E-state index contributed by atoms with van der Waals surface area (Å²) in [6, 6.07) is 5.45. The number of ether oxygens (including phenoxy) is 1. The molecule has 0 saturated carbocycles. The minimum absolute atomic E-state index is 0.0626. The van der Waals surface area contributed by atoms with Crippen LogP contribution >= 0.6 is 0 Å². The lowest BCUT2D eigenvalue weighted by Crippen LogP contribution is -2.42. The third-order valence-corrected chi connectivity index (χ3v) is 2.75. The van der Waals surface area contributed by atoms with E-state index in [-0.39, 0.29) is 5.56 Å². The largest absolute Gasteiger partial charge is 0.494 e. The lowest BCUT2D eigenvalue weighted by Gasteiger charge is -2.30. The number of benzene rings is 1. The fraction of sp³-hybridized carbons (Fsp3) is 0.538. The molecule has 1 aromatic carbocycles. The molecule has 7 heteroatoms. The number of aliphatic hydroxyl groups is 1. The summed E-state index contributed by atoms with van der Waals surface area (Å²) in [5, 5.41) is 9.94. The van der Waals surface area contributed by atoms with Gasteiger partial charge in [-0.2, -0.15) is 22.0 Å². The predicted molar refractivity (Wildman–Crippen MR) is 62.8 cm³/mol. The van der Waals surface area contributed by atoms with Crippen LogP contribution in [0.3, 0.4) is 0 Å². The van der Waals surface area contributed by atoms with Crippen LogP contribution in [0.4, 0.5) is 22.0 Å². The van der Waals surface area contributed by atoms with Crippen LogP contribution in [0, 0.1) is 0 Å². The van der Waals surface area contributed by atoms with E-state index in [0.717, 1.165) is 6.92 Å². The zero-order chi connectivity index (χ0) is 15.6. The van der Waals surface area contributed by atoms with Crippen LogP contribution in [0.2, 0.25) is 0 Å². The maximum absolute atomic E-state index is 13.0. The number of hydrogen-bond donors (Lipinski definition) is 1. The van der Waals surface area contributed by atoms with Gasteiger partial charge in [0, 0.05) is 0 Å². The van der Waals surface area contributed by atoms with E-state index in [9.17, 15) is 27.1 Å². The van der Waals surface area contributed by atoms with E-state index in [1.54, 1.807) is 6.92 Å². The lowest BCUT2D eigenvalue weighted by molar-refractivity contribution is -0.296. The van der Waals surface area contributed by atoms with Crippen molar-refractivity contribution in [3.8, 4) is 5.75 Å². The average Bonchev–Trinajstić information content (AvgIpc) is 2.27. The molecule has 2 nitrogen and oxygen atoms in total. The van der Waals surface area contributed by atoms with Crippen molar-refractivity contribution in [2.45, 2.75) is 38.0 Å². The maximum Gasteiger partial charge on any atom is 0.453 e. The zero-order valence-corrected chi connectivity index (χ0v) is 11.0. The van der Waals surface area contributed by atoms with Crippen molar-refractivity contribution < 1.29 is 31.8 Å². The van der Waals surface area contributed by atoms with Gasteiger partial charge in [0.1, 0.15) is 5.75 Å². The lowest BCUT2D eigenvalue weighted by atomic mass is 9.89. The number of rotatable bonds is 5. The van der Waals surface area contributed by atoms with E-state index >= 15 is 0 Å². The molecule has 1 unspecified atom stereocenters. The van der Waals surface area contributed by atoms with Gasteiger partial charge < -0.3 is 9.84 Å². The van der Waals surface area contributed by atoms with Gasteiger partial charge in [0.15, 0.2) is 0 Å². The van der Waals surface area contributed by atoms with Crippen LogP contribution in [-0.4, -0.2) is 23.8 Å². The van der Waals surface area contributed by atoms with Crippen molar-refractivity contribution in [2.24, 2.45) is 0 Å². The molecule has 0 bridgehead atoms. The molecule has 0 aromatic heterocycles. The summed E-state index contributed by atoms with van der Waals surface area (Å²) in [6.45, 7) is 2.92. The highest BCUT2D eigenvalue weighted by atomic mass is 19.4. The van der Waals surface area contributed by atoms with E-state index < -0.39 is 24.1 Å². The normalized spacial score (nSPS) is 15.8. The molecule has 1 N–H and O–H groups in total. The van der Waals surface area contributed by atoms with Gasteiger partial charge in [-0.15, -0.1) is 0 Å². The van der Waals surface area contributed by atoms with Gasteiger partial charge in [0.2, 0.25) is 0 Å². The molecule has 0 aliphatic heterocycles. The van der Waals surface area contributed by atoms with Gasteiger partial charge >= 0.3 is 12.1 Å². The second-order valence-corrected chi connectivity index (χ2v) is 4.61. The quantitative estimate of drug-likeness (QED) is 0.836. The third-order valence-electron chi connectivity index (χ3n) is 2.75. The SMILES string of the molecule is CCOc1cccc(C(C)(O)CC(F)(F)C(F)(F)F)c1. The maximum atomic E-state index is 13.0. The van der Waals surface area contributed by atoms with Crippen LogP contribution in [0.5, 0.6) is 5.75 Å². The smallest absolute Gasteiger partial charge is 0.453 e. The van der Waals surface area contributed by atoms with Gasteiger partial charge in [-0.05, 0) is 31.5 Å². The first-order chi connectivity index (χ1) is 8.99. The standard InChI is InChI=1S/C13H15F5O2/c1-3-20-10-6-4-5-9(7-10)11(2,19)8-12(14,15)13(16,17)18/h4-7,19H,3,8H2,1-2H3. The van der Waals surface area contributed by atoms with Crippen molar-refractivity contribution in [3.63, 3.8) is 0 Å². The highest BCUT2D eigenvalue weighted by Gasteiger charge is 2.59. The van der Waals surface area contributed by atoms with E-state index in [2.05, 4.69) is 0 Å². The minimum Gasteiger partial charge on any atom is -0.494 e. The minimum atomic E-state index is -5.70. The summed E-state index contributed by atoms with van der Waals surface area (Å²) < 4.78 is 67.8. The molecule has 1 atom stereocenters. The molecule has 114 valence electrons. The Kier molecular flexibility index (Phi) is 4.63. The van der Waals surface area contributed by atoms with Crippen molar-refractivity contribution in [1.29, 1.82) is 0 Å². The van der Waals surface area contributed by atoms with Crippen molar-refractivity contribution in [1.82, 2.24) is 0 Å². The summed E-state index contributed by atoms with van der Waals surface area (Å²) in [6.07, 6.45) is -7.45. The van der Waals surface area contributed by atoms with Crippen molar-refractivity contribution >= 4 is 0 Å². The number of alkyl halides is 5. The van der Waals surface area contributed by atoms with E-state index in [0.29, 0.717) is 12.4 Å². The summed E-state index contributed by atoms with van der Waals surface area (Å²) in [5.74, 6) is -4.68. The van der Waals surface area contributed by atoms with Crippen molar-refractivity contribution in [3.05, 3.63) is 29.8 Å². The van der Waals surface area contributed by atoms with Crippen LogP contribution in [0.1, 0.15) is 25.8 Å². The molecule has 0 radical (unpaired) electrons. The average molecular weight is 298 g/mol. The summed E-state index contributed by atoms with van der Waals surface area (Å²) >= 11 is 0. The Bertz CT molecular complexity index is 454. The number of hydrogen-bond acceptors (Lipinski definition) is 2. The molecule has 0 aliphatic carbocycles. The van der Waals surface area contributed by atoms with E-state index in [1.165, 1.54) is 24.3 Å². The topological polar surface area (TPSA) is 29.5 Å². The van der Waals surface area contributed by atoms with E-state index in [1.807, 2.05) is 0 Å². The predicted octanol–water partition coefficient (Wildman–Crippen LogP) is 3.88. The molecule has 1 rings (SSSR count). The zero-order valence-electron chi connectivity index (χ0n) is 11.0. The Balaban J connectivity index is 3.02. The van der Waals surface area contributed by atoms with E-state index in [4.69, 9.17) is 4.74 Å². The molecule has 0 spiro atoms. The second kappa shape index (κ2) is 5.55. The monoisotopic (exact) mass is 298 g/mol. The molecule has 0 heterocycles. The highest BCUT2D eigenvalue weighted by molar-refractivity contribution is 5.32. The van der Waals surface area contributed by atoms with Crippen molar-refractivity contribution in [2.75, 3.05) is 6.61 Å². The van der Waals surface area contributed by atoms with Crippen LogP contribution < -0.4 is 4.74 Å². The third kappa shape index (κ3) is 3.82. The first kappa shape index (κ1) is 16.7. The molecule has 0 aliphatic rings. The molecular formula is C13H15F5O2. The first-order valence-electron chi connectivity index (χ1n) is 5.90. The molecule has 0 saturated heterocycles. The fourth-order valence-corrected chi connectivity index (χ4v) is 1.72. The molecule has 20 heavy (non-hydrogen) atoms. The molecule has 0 amide bonds. The van der Waals surface area contributed by atoms with Crippen LogP contribution in [0.25, 0.3) is 0 Å². The first-order valence-corrected chi connectivity index (χ1v) is 5.90. The Hall–Kier alpha value is -1.37. The molecular weight excluding hydrogens is 283 g/mol. The van der Waals surface area contributed by atoms with Gasteiger partial charge in [-0.25, -0.2) is 0 Å². The van der Waals surface area contributed by atoms with Gasteiger partial charge in [-0.1, -0.05) is 12.1 Å². The summed E-state index contributed by atoms with van der Waals surface area (Å²) in [7, 11) is 0. The summed E-state index contributed by atoms with van der Waals surface area (Å²) in [5.41, 5.74) is -2.39. The van der Waals surface area contributed by atoms with Gasteiger partial charge in [0.25, 0.3) is 0 Å². The number of halogens is 5. The molecule has 1 aromatic rings. The Labute approximate surface area is 113 Å².